The number of carbonyl (C=O) groups is 1. The van der Waals surface area contributed by atoms with E-state index in [0.29, 0.717) is 5.56 Å². The average molecular weight is 352 g/mol. The molecule has 1 atom stereocenters. The van der Waals surface area contributed by atoms with Gasteiger partial charge in [-0.1, -0.05) is 40.2 Å². The minimum atomic E-state index is -0.764. The Morgan fingerprint density at radius 3 is 2.71 bits per heavy atom. The topological polar surface area (TPSA) is 38.3 Å². The third-order valence-electron chi connectivity index (χ3n) is 2.88. The van der Waals surface area contributed by atoms with Crippen LogP contribution in [0.25, 0.3) is 0 Å². The second kappa shape index (κ2) is 7.22. The highest BCUT2D eigenvalue weighted by molar-refractivity contribution is 9.10. The Balaban J connectivity index is 2.33. The Hall–Kier alpha value is -1.88. The van der Waals surface area contributed by atoms with Crippen LogP contribution in [-0.2, 0) is 9.53 Å². The molecule has 0 fully saturated rings. The summed E-state index contributed by atoms with van der Waals surface area (Å²) >= 11 is 3.36. The number of rotatable bonds is 5. The quantitative estimate of drug-likeness (QED) is 0.816. The van der Waals surface area contributed by atoms with Crippen molar-refractivity contribution in [1.29, 1.82) is 0 Å². The van der Waals surface area contributed by atoms with E-state index in [-0.39, 0.29) is 12.3 Å². The number of hydrogen-bond donors (Lipinski definition) is 1. The fourth-order valence-corrected chi connectivity index (χ4v) is 2.34. The Bertz CT molecular complexity index is 633. The summed E-state index contributed by atoms with van der Waals surface area (Å²) in [6.45, 7) is 2.00. The molecule has 0 spiro atoms. The van der Waals surface area contributed by atoms with Gasteiger partial charge in [-0.15, -0.1) is 0 Å². The van der Waals surface area contributed by atoms with Gasteiger partial charge in [0.25, 0.3) is 0 Å². The lowest BCUT2D eigenvalue weighted by atomic mass is 10.1. The maximum Gasteiger partial charge on any atom is 0.333 e. The van der Waals surface area contributed by atoms with Crippen LogP contribution < -0.4 is 5.32 Å². The van der Waals surface area contributed by atoms with Gasteiger partial charge in [-0.05, 0) is 36.8 Å². The fraction of sp³-hybridized carbons (Fsp3) is 0.188. The molecule has 2 aromatic rings. The van der Waals surface area contributed by atoms with E-state index in [1.165, 1.54) is 6.07 Å². The third kappa shape index (κ3) is 4.04. The number of halogens is 2. The van der Waals surface area contributed by atoms with Crippen molar-refractivity contribution in [2.45, 2.75) is 13.0 Å². The highest BCUT2D eigenvalue weighted by Crippen LogP contribution is 2.25. The van der Waals surface area contributed by atoms with Gasteiger partial charge in [0.05, 0.1) is 12.3 Å². The molecule has 1 unspecified atom stereocenters. The summed E-state index contributed by atoms with van der Waals surface area (Å²) in [5.74, 6) is -0.861. The summed E-state index contributed by atoms with van der Waals surface area (Å²) in [7, 11) is 0. The average Bonchev–Trinajstić information content (AvgIpc) is 2.46. The SMILES string of the molecule is CCOC(=O)C(Nc1ccccc1F)c1cccc(Br)c1. The van der Waals surface area contributed by atoms with Crippen LogP contribution >= 0.6 is 15.9 Å². The lowest BCUT2D eigenvalue weighted by molar-refractivity contribution is -0.144. The van der Waals surface area contributed by atoms with Gasteiger partial charge < -0.3 is 10.1 Å². The van der Waals surface area contributed by atoms with Crippen LogP contribution in [0.3, 0.4) is 0 Å². The Labute approximate surface area is 131 Å². The van der Waals surface area contributed by atoms with E-state index >= 15 is 0 Å². The highest BCUT2D eigenvalue weighted by atomic mass is 79.9. The standard InChI is InChI=1S/C16H15BrFNO2/c1-2-21-16(20)15(11-6-5-7-12(17)10-11)19-14-9-4-3-8-13(14)18/h3-10,15,19H,2H2,1H3. The molecule has 110 valence electrons. The first kappa shape index (κ1) is 15.5. The largest absolute Gasteiger partial charge is 0.464 e. The lowest BCUT2D eigenvalue weighted by Gasteiger charge is -2.19. The smallest absolute Gasteiger partial charge is 0.333 e. The van der Waals surface area contributed by atoms with Crippen molar-refractivity contribution in [2.75, 3.05) is 11.9 Å². The summed E-state index contributed by atoms with van der Waals surface area (Å²) in [6.07, 6.45) is 0. The van der Waals surface area contributed by atoms with Crippen molar-refractivity contribution in [3.63, 3.8) is 0 Å². The van der Waals surface area contributed by atoms with Crippen LogP contribution in [-0.4, -0.2) is 12.6 Å². The van der Waals surface area contributed by atoms with Gasteiger partial charge in [-0.2, -0.15) is 0 Å². The molecule has 0 aliphatic carbocycles. The van der Waals surface area contributed by atoms with Gasteiger partial charge in [0.15, 0.2) is 6.04 Å². The van der Waals surface area contributed by atoms with E-state index in [4.69, 9.17) is 4.74 Å². The molecule has 0 saturated heterocycles. The maximum atomic E-state index is 13.8. The summed E-state index contributed by atoms with van der Waals surface area (Å²) in [5.41, 5.74) is 0.960. The lowest BCUT2D eigenvalue weighted by Crippen LogP contribution is -2.23. The summed E-state index contributed by atoms with van der Waals surface area (Å²) in [6, 6.07) is 12.7. The van der Waals surface area contributed by atoms with Crippen molar-refractivity contribution in [1.82, 2.24) is 0 Å². The zero-order chi connectivity index (χ0) is 15.2. The molecular weight excluding hydrogens is 337 g/mol. The molecule has 0 bridgehead atoms. The minimum absolute atomic E-state index is 0.260. The Morgan fingerprint density at radius 2 is 2.05 bits per heavy atom. The normalized spacial score (nSPS) is 11.8. The number of carbonyl (C=O) groups excluding carboxylic acids is 1. The van der Waals surface area contributed by atoms with E-state index in [9.17, 15) is 9.18 Å². The fourth-order valence-electron chi connectivity index (χ4n) is 1.92. The summed E-state index contributed by atoms with van der Waals surface area (Å²) in [5, 5.41) is 2.90. The molecule has 3 nitrogen and oxygen atoms in total. The zero-order valence-corrected chi connectivity index (χ0v) is 13.1. The molecule has 2 rings (SSSR count). The van der Waals surface area contributed by atoms with Crippen molar-refractivity contribution >= 4 is 27.6 Å². The number of nitrogens with one attached hydrogen (secondary N) is 1. The molecule has 1 N–H and O–H groups in total. The van der Waals surface area contributed by atoms with E-state index in [1.54, 1.807) is 37.3 Å². The summed E-state index contributed by atoms with van der Waals surface area (Å²) in [4.78, 5) is 12.1. The predicted octanol–water partition coefficient (Wildman–Crippen LogP) is 4.30. The zero-order valence-electron chi connectivity index (χ0n) is 11.5. The number of para-hydroxylation sites is 1. The van der Waals surface area contributed by atoms with Crippen LogP contribution in [0.2, 0.25) is 0 Å². The van der Waals surface area contributed by atoms with Crippen LogP contribution in [0.4, 0.5) is 10.1 Å². The van der Waals surface area contributed by atoms with Crippen LogP contribution in [0.15, 0.2) is 53.0 Å². The Kier molecular flexibility index (Phi) is 5.33. The van der Waals surface area contributed by atoms with E-state index in [0.717, 1.165) is 4.47 Å². The molecule has 0 radical (unpaired) electrons. The van der Waals surface area contributed by atoms with Gasteiger partial charge >= 0.3 is 5.97 Å². The van der Waals surface area contributed by atoms with Crippen molar-refractivity contribution < 1.29 is 13.9 Å². The molecule has 0 saturated carbocycles. The molecule has 0 heterocycles. The monoisotopic (exact) mass is 351 g/mol. The molecule has 0 aliphatic rings. The van der Waals surface area contributed by atoms with Gasteiger partial charge in [-0.3, -0.25) is 0 Å². The summed E-state index contributed by atoms with van der Waals surface area (Å²) < 4.78 is 19.7. The Morgan fingerprint density at radius 1 is 1.29 bits per heavy atom. The van der Waals surface area contributed by atoms with Gasteiger partial charge in [0, 0.05) is 4.47 Å². The minimum Gasteiger partial charge on any atom is -0.464 e. The molecule has 0 amide bonds. The molecule has 5 heteroatoms. The van der Waals surface area contributed by atoms with E-state index < -0.39 is 17.8 Å². The van der Waals surface area contributed by atoms with E-state index in [2.05, 4.69) is 21.2 Å². The number of hydrogen-bond acceptors (Lipinski definition) is 3. The second-order valence-electron chi connectivity index (χ2n) is 4.36. The predicted molar refractivity (Wildman–Crippen MR) is 83.5 cm³/mol. The molecule has 21 heavy (non-hydrogen) atoms. The van der Waals surface area contributed by atoms with Crippen LogP contribution in [0.5, 0.6) is 0 Å². The first-order valence-corrected chi connectivity index (χ1v) is 7.34. The molecule has 0 aromatic heterocycles. The van der Waals surface area contributed by atoms with Gasteiger partial charge in [0.2, 0.25) is 0 Å². The first-order chi connectivity index (χ1) is 10.1. The maximum absolute atomic E-state index is 13.8. The number of anilines is 1. The highest BCUT2D eigenvalue weighted by Gasteiger charge is 2.23. The van der Waals surface area contributed by atoms with E-state index in [1.807, 2.05) is 12.1 Å². The second-order valence-corrected chi connectivity index (χ2v) is 5.28. The molecular formula is C16H15BrFNO2. The van der Waals surface area contributed by atoms with Gasteiger partial charge in [-0.25, -0.2) is 9.18 Å². The van der Waals surface area contributed by atoms with Crippen LogP contribution in [0.1, 0.15) is 18.5 Å². The molecule has 2 aromatic carbocycles. The van der Waals surface area contributed by atoms with Crippen LogP contribution in [0, 0.1) is 5.82 Å². The number of esters is 1. The number of ether oxygens (including phenoxy) is 1. The number of benzene rings is 2. The van der Waals surface area contributed by atoms with Gasteiger partial charge in [0.1, 0.15) is 5.82 Å². The first-order valence-electron chi connectivity index (χ1n) is 6.55. The van der Waals surface area contributed by atoms with Crippen molar-refractivity contribution in [3.05, 3.63) is 64.4 Å². The van der Waals surface area contributed by atoms with Crippen molar-refractivity contribution in [2.24, 2.45) is 0 Å². The third-order valence-corrected chi connectivity index (χ3v) is 3.37. The molecule has 0 aliphatic heterocycles. The van der Waals surface area contributed by atoms with Crippen molar-refractivity contribution in [3.8, 4) is 0 Å².